The Morgan fingerprint density at radius 1 is 0.929 bits per heavy atom. The molecule has 1 N–H and O–H groups in total. The average Bonchev–Trinajstić information content (AvgIpc) is 2.78. The smallest absolute Gasteiger partial charge is 0.00171 e. The number of rotatable bonds is 1. The van der Waals surface area contributed by atoms with Gasteiger partial charge in [0.2, 0.25) is 0 Å². The lowest BCUT2D eigenvalue weighted by molar-refractivity contribution is 0.494. The number of hydrogen-bond acceptors (Lipinski definition) is 1. The first-order valence-electron chi connectivity index (χ1n) is 5.69. The first-order valence-corrected chi connectivity index (χ1v) is 5.69. The van der Waals surface area contributed by atoms with Gasteiger partial charge in [-0.15, -0.1) is 0 Å². The molecular weight excluding hydrogens is 170 g/mol. The minimum atomic E-state index is 0.841. The van der Waals surface area contributed by atoms with E-state index < -0.39 is 0 Å². The second kappa shape index (κ2) is 3.39. The zero-order valence-corrected chi connectivity index (χ0v) is 8.45. The molecule has 0 spiro atoms. The molecule has 1 aliphatic carbocycles. The van der Waals surface area contributed by atoms with Crippen molar-refractivity contribution in [3.05, 3.63) is 35.9 Å². The molecule has 1 saturated heterocycles. The molecule has 0 amide bonds. The molecule has 1 heterocycles. The molecule has 1 aromatic rings. The quantitative estimate of drug-likeness (QED) is 0.712. The van der Waals surface area contributed by atoms with Gasteiger partial charge in [0.1, 0.15) is 0 Å². The second-order valence-electron chi connectivity index (χ2n) is 4.76. The van der Waals surface area contributed by atoms with E-state index in [2.05, 4.69) is 35.6 Å². The molecule has 0 bridgehead atoms. The highest BCUT2D eigenvalue weighted by Gasteiger charge is 2.37. The highest BCUT2D eigenvalue weighted by atomic mass is 14.9. The van der Waals surface area contributed by atoms with E-state index in [0.29, 0.717) is 0 Å². The van der Waals surface area contributed by atoms with E-state index in [-0.39, 0.29) is 0 Å². The minimum Gasteiger partial charge on any atom is -0.316 e. The first-order chi connectivity index (χ1) is 6.93. The maximum atomic E-state index is 3.50. The van der Waals surface area contributed by atoms with Crippen LogP contribution < -0.4 is 5.32 Å². The van der Waals surface area contributed by atoms with Crippen LogP contribution in [0, 0.1) is 11.8 Å². The Balaban J connectivity index is 1.77. The van der Waals surface area contributed by atoms with Crippen LogP contribution in [0.5, 0.6) is 0 Å². The monoisotopic (exact) mass is 187 g/mol. The minimum absolute atomic E-state index is 0.841. The van der Waals surface area contributed by atoms with E-state index >= 15 is 0 Å². The lowest BCUT2D eigenvalue weighted by atomic mass is 9.96. The van der Waals surface area contributed by atoms with Gasteiger partial charge in [-0.3, -0.25) is 0 Å². The van der Waals surface area contributed by atoms with E-state index in [1.807, 2.05) is 0 Å². The summed E-state index contributed by atoms with van der Waals surface area (Å²) in [7, 11) is 0. The van der Waals surface area contributed by atoms with Crippen LogP contribution in [0.4, 0.5) is 0 Å². The molecule has 0 radical (unpaired) electrons. The summed E-state index contributed by atoms with van der Waals surface area (Å²) < 4.78 is 0. The summed E-state index contributed by atoms with van der Waals surface area (Å²) in [5.74, 6) is 2.76. The van der Waals surface area contributed by atoms with E-state index in [9.17, 15) is 0 Å². The van der Waals surface area contributed by atoms with E-state index in [1.165, 1.54) is 25.9 Å². The van der Waals surface area contributed by atoms with E-state index in [1.54, 1.807) is 5.56 Å². The van der Waals surface area contributed by atoms with Crippen LogP contribution in [-0.4, -0.2) is 13.1 Å². The SMILES string of the molecule is c1ccc(C2CC3CNCC3C2)cc1. The lowest BCUT2D eigenvalue weighted by Gasteiger charge is -2.11. The third-order valence-corrected chi connectivity index (χ3v) is 3.93. The van der Waals surface area contributed by atoms with Gasteiger partial charge in [0.15, 0.2) is 0 Å². The van der Waals surface area contributed by atoms with Crippen molar-refractivity contribution in [2.24, 2.45) is 11.8 Å². The van der Waals surface area contributed by atoms with Crippen molar-refractivity contribution < 1.29 is 0 Å². The Kier molecular flexibility index (Phi) is 2.06. The Morgan fingerprint density at radius 3 is 2.21 bits per heavy atom. The predicted octanol–water partition coefficient (Wildman–Crippen LogP) is 2.40. The highest BCUT2D eigenvalue weighted by molar-refractivity contribution is 5.21. The molecule has 1 saturated carbocycles. The van der Waals surface area contributed by atoms with Gasteiger partial charge in [-0.2, -0.15) is 0 Å². The number of fused-ring (bicyclic) bond motifs is 1. The normalized spacial score (nSPS) is 35.9. The molecule has 2 atom stereocenters. The first kappa shape index (κ1) is 8.49. The second-order valence-corrected chi connectivity index (χ2v) is 4.76. The molecule has 1 aliphatic heterocycles. The van der Waals surface area contributed by atoms with Crippen molar-refractivity contribution >= 4 is 0 Å². The van der Waals surface area contributed by atoms with Crippen molar-refractivity contribution in [2.45, 2.75) is 18.8 Å². The highest BCUT2D eigenvalue weighted by Crippen LogP contribution is 2.43. The molecule has 0 aromatic heterocycles. The van der Waals surface area contributed by atoms with Crippen molar-refractivity contribution in [3.8, 4) is 0 Å². The van der Waals surface area contributed by atoms with Gasteiger partial charge < -0.3 is 5.32 Å². The standard InChI is InChI=1S/C13H17N/c1-2-4-10(5-3-1)11-6-12-8-14-9-13(12)7-11/h1-5,11-14H,6-9H2. The third kappa shape index (κ3) is 1.36. The van der Waals surface area contributed by atoms with Crippen LogP contribution in [0.3, 0.4) is 0 Å². The van der Waals surface area contributed by atoms with Gasteiger partial charge >= 0.3 is 0 Å². The van der Waals surface area contributed by atoms with Gasteiger partial charge in [0.25, 0.3) is 0 Å². The largest absolute Gasteiger partial charge is 0.316 e. The average molecular weight is 187 g/mol. The van der Waals surface area contributed by atoms with Crippen LogP contribution in [-0.2, 0) is 0 Å². The molecule has 2 aliphatic rings. The summed E-state index contributed by atoms with van der Waals surface area (Å²) in [6, 6.07) is 11.0. The summed E-state index contributed by atoms with van der Waals surface area (Å²) in [6.45, 7) is 2.52. The molecular formula is C13H17N. The lowest BCUT2D eigenvalue weighted by Crippen LogP contribution is -2.11. The van der Waals surface area contributed by atoms with Crippen LogP contribution in [0.1, 0.15) is 24.3 Å². The fourth-order valence-electron chi connectivity index (χ4n) is 3.16. The zero-order valence-electron chi connectivity index (χ0n) is 8.45. The molecule has 74 valence electrons. The molecule has 14 heavy (non-hydrogen) atoms. The van der Waals surface area contributed by atoms with Gasteiger partial charge in [0.05, 0.1) is 0 Å². The fraction of sp³-hybridized carbons (Fsp3) is 0.538. The Hall–Kier alpha value is -0.820. The molecule has 1 nitrogen and oxygen atoms in total. The summed E-state index contributed by atoms with van der Waals surface area (Å²) >= 11 is 0. The van der Waals surface area contributed by atoms with Crippen molar-refractivity contribution in [3.63, 3.8) is 0 Å². The molecule has 2 fully saturated rings. The van der Waals surface area contributed by atoms with Gasteiger partial charge in [-0.25, -0.2) is 0 Å². The van der Waals surface area contributed by atoms with Gasteiger partial charge in [-0.05, 0) is 49.2 Å². The Morgan fingerprint density at radius 2 is 1.57 bits per heavy atom. The molecule has 2 unspecified atom stereocenters. The third-order valence-electron chi connectivity index (χ3n) is 3.93. The fourth-order valence-corrected chi connectivity index (χ4v) is 3.16. The Labute approximate surface area is 85.5 Å². The number of benzene rings is 1. The van der Waals surface area contributed by atoms with E-state index in [4.69, 9.17) is 0 Å². The Bertz CT molecular complexity index is 294. The van der Waals surface area contributed by atoms with Gasteiger partial charge in [-0.1, -0.05) is 30.3 Å². The van der Waals surface area contributed by atoms with Crippen molar-refractivity contribution in [1.29, 1.82) is 0 Å². The van der Waals surface area contributed by atoms with Gasteiger partial charge in [0, 0.05) is 0 Å². The summed E-state index contributed by atoms with van der Waals surface area (Å²) in [5, 5.41) is 3.50. The molecule has 3 rings (SSSR count). The number of hydrogen-bond donors (Lipinski definition) is 1. The maximum absolute atomic E-state index is 3.50. The van der Waals surface area contributed by atoms with Crippen LogP contribution >= 0.6 is 0 Å². The topological polar surface area (TPSA) is 12.0 Å². The summed E-state index contributed by atoms with van der Waals surface area (Å²) in [4.78, 5) is 0. The van der Waals surface area contributed by atoms with Crippen LogP contribution in [0.2, 0.25) is 0 Å². The van der Waals surface area contributed by atoms with E-state index in [0.717, 1.165) is 17.8 Å². The maximum Gasteiger partial charge on any atom is -0.00171 e. The van der Waals surface area contributed by atoms with Crippen LogP contribution in [0.15, 0.2) is 30.3 Å². The number of nitrogens with one attached hydrogen (secondary N) is 1. The summed E-state index contributed by atoms with van der Waals surface area (Å²) in [6.07, 6.45) is 2.81. The summed E-state index contributed by atoms with van der Waals surface area (Å²) in [5.41, 5.74) is 1.56. The molecule has 1 heteroatoms. The van der Waals surface area contributed by atoms with Crippen molar-refractivity contribution in [2.75, 3.05) is 13.1 Å². The van der Waals surface area contributed by atoms with Crippen LogP contribution in [0.25, 0.3) is 0 Å². The zero-order chi connectivity index (χ0) is 9.38. The predicted molar refractivity (Wildman–Crippen MR) is 58.3 cm³/mol. The molecule has 1 aromatic carbocycles. The van der Waals surface area contributed by atoms with Crippen molar-refractivity contribution in [1.82, 2.24) is 5.32 Å².